The highest BCUT2D eigenvalue weighted by Crippen LogP contribution is 2.06. The van der Waals surface area contributed by atoms with Gasteiger partial charge in [-0.2, -0.15) is 0 Å². The number of hydrogen-bond acceptors (Lipinski definition) is 5. The topological polar surface area (TPSA) is 122 Å². The molecule has 2 amide bonds. The van der Waals surface area contributed by atoms with E-state index in [2.05, 4.69) is 15.7 Å². The van der Waals surface area contributed by atoms with Crippen LogP contribution < -0.4 is 15.3 Å². The third-order valence-corrected chi connectivity index (χ3v) is 2.73. The first-order valence-electron chi connectivity index (χ1n) is 7.48. The molecule has 1 rings (SSSR count). The molecule has 0 aromatic carbocycles. The molecule has 1 atom stereocenters. The number of nitrogens with zero attached hydrogens (tertiary/aromatic N) is 2. The van der Waals surface area contributed by atoms with Crippen molar-refractivity contribution < 1.29 is 28.9 Å². The van der Waals surface area contributed by atoms with Gasteiger partial charge in [0.05, 0.1) is 5.56 Å². The molecule has 3 N–H and O–H groups in total. The Morgan fingerprint density at radius 3 is 2.50 bits per heavy atom. The van der Waals surface area contributed by atoms with E-state index in [1.54, 1.807) is 27.7 Å². The van der Waals surface area contributed by atoms with Gasteiger partial charge in [-0.15, -0.1) is 0 Å². The number of alkyl carbamates (subject to hydrolysis) is 1. The van der Waals surface area contributed by atoms with Crippen molar-refractivity contribution in [1.29, 1.82) is 0 Å². The van der Waals surface area contributed by atoms with Gasteiger partial charge in [-0.25, -0.2) is 9.59 Å². The summed E-state index contributed by atoms with van der Waals surface area (Å²) in [6.07, 6.45) is 1.98. The first-order chi connectivity index (χ1) is 11.1. The number of carbonyl (C=O) groups is 3. The minimum atomic E-state index is -1.22. The monoisotopic (exact) mass is 339 g/mol. The number of carboxylic acids is 1. The Labute approximate surface area is 140 Å². The average molecular weight is 339 g/mol. The highest BCUT2D eigenvalue weighted by molar-refractivity contribution is 5.93. The molecule has 9 heteroatoms. The summed E-state index contributed by atoms with van der Waals surface area (Å²) in [6.45, 7) is 7.23. The molecule has 0 bridgehead atoms. The van der Waals surface area contributed by atoms with E-state index >= 15 is 0 Å². The number of ether oxygens (including phenoxy) is 1. The van der Waals surface area contributed by atoms with Crippen molar-refractivity contribution in [3.05, 3.63) is 24.0 Å². The van der Waals surface area contributed by atoms with Gasteiger partial charge in [0, 0.05) is 12.6 Å². The van der Waals surface area contributed by atoms with Gasteiger partial charge in [-0.05, 0) is 32.8 Å². The lowest BCUT2D eigenvalue weighted by Crippen LogP contribution is -2.53. The quantitative estimate of drug-likeness (QED) is 0.632. The average Bonchev–Trinajstić information content (AvgIpc) is 2.45. The van der Waals surface area contributed by atoms with Crippen LogP contribution in [0.15, 0.2) is 18.5 Å². The van der Waals surface area contributed by atoms with Crippen LogP contribution in [-0.2, 0) is 16.1 Å². The molecule has 0 aliphatic rings. The Hall–Kier alpha value is -2.71. The van der Waals surface area contributed by atoms with Crippen LogP contribution >= 0.6 is 0 Å². The number of hydrogen-bond donors (Lipinski definition) is 3. The van der Waals surface area contributed by atoms with Crippen LogP contribution in [0.25, 0.3) is 0 Å². The van der Waals surface area contributed by atoms with E-state index in [-0.39, 0.29) is 12.5 Å². The number of aliphatic carboxylic acids is 1. The molecule has 0 aliphatic carbocycles. The van der Waals surface area contributed by atoms with Crippen molar-refractivity contribution in [2.75, 3.05) is 6.54 Å². The minimum Gasteiger partial charge on any atom is -0.480 e. The van der Waals surface area contributed by atoms with Gasteiger partial charge in [-0.3, -0.25) is 4.79 Å². The van der Waals surface area contributed by atoms with Crippen LogP contribution in [0, 0.1) is 0 Å². The van der Waals surface area contributed by atoms with Gasteiger partial charge in [0.15, 0.2) is 12.2 Å². The van der Waals surface area contributed by atoms with Crippen molar-refractivity contribution in [1.82, 2.24) is 15.7 Å². The SMILES string of the molecule is CCNC(=O)c1cc[n+](CC(NC(=O)OC(C)(C)C)C(=O)O)nc1. The summed E-state index contributed by atoms with van der Waals surface area (Å²) in [5.74, 6) is -1.48. The minimum absolute atomic E-state index is 0.107. The van der Waals surface area contributed by atoms with Crippen LogP contribution in [0.1, 0.15) is 38.1 Å². The molecule has 0 spiro atoms. The van der Waals surface area contributed by atoms with Crippen LogP contribution in [0.5, 0.6) is 0 Å². The highest BCUT2D eigenvalue weighted by Gasteiger charge is 2.28. The first-order valence-corrected chi connectivity index (χ1v) is 7.48. The lowest BCUT2D eigenvalue weighted by atomic mass is 10.2. The largest absolute Gasteiger partial charge is 0.480 e. The highest BCUT2D eigenvalue weighted by atomic mass is 16.6. The Kier molecular flexibility index (Phi) is 6.63. The summed E-state index contributed by atoms with van der Waals surface area (Å²) in [7, 11) is 0. The molecular weight excluding hydrogens is 316 g/mol. The van der Waals surface area contributed by atoms with Gasteiger partial charge in [0.1, 0.15) is 11.8 Å². The van der Waals surface area contributed by atoms with Crippen molar-refractivity contribution in [2.45, 2.75) is 45.9 Å². The molecule has 24 heavy (non-hydrogen) atoms. The molecule has 0 radical (unpaired) electrons. The predicted molar refractivity (Wildman–Crippen MR) is 83.2 cm³/mol. The molecule has 1 aromatic heterocycles. The standard InChI is InChI=1S/C15H22N4O5/c1-5-16-12(20)10-6-7-19(17-8-10)9-11(13(21)22)18-14(23)24-15(2,3)4/h6-8,11H,5,9H2,1-4H3,(H2-,16,18,20,21,22,23)/p+1. The van der Waals surface area contributed by atoms with Gasteiger partial charge >= 0.3 is 12.1 Å². The number of carbonyl (C=O) groups excluding carboxylic acids is 2. The lowest BCUT2D eigenvalue weighted by Gasteiger charge is -2.20. The first kappa shape index (κ1) is 19.3. The van der Waals surface area contributed by atoms with E-state index in [1.807, 2.05) is 0 Å². The van der Waals surface area contributed by atoms with Crippen LogP contribution in [-0.4, -0.2) is 46.4 Å². The van der Waals surface area contributed by atoms with Crippen molar-refractivity contribution >= 4 is 18.0 Å². The summed E-state index contributed by atoms with van der Waals surface area (Å²) in [4.78, 5) is 34.6. The maximum absolute atomic E-state index is 11.7. The molecule has 0 saturated heterocycles. The Balaban J connectivity index is 2.73. The van der Waals surface area contributed by atoms with E-state index in [0.29, 0.717) is 12.1 Å². The number of aromatic nitrogens is 2. The van der Waals surface area contributed by atoms with E-state index < -0.39 is 23.7 Å². The normalized spacial score (nSPS) is 12.2. The fourth-order valence-electron chi connectivity index (χ4n) is 1.71. The Morgan fingerprint density at radius 1 is 1.38 bits per heavy atom. The number of carboxylic acid groups (broad SMARTS) is 1. The summed E-state index contributed by atoms with van der Waals surface area (Å²) >= 11 is 0. The summed E-state index contributed by atoms with van der Waals surface area (Å²) in [5, 5.41) is 18.1. The maximum Gasteiger partial charge on any atom is 0.408 e. The van der Waals surface area contributed by atoms with E-state index in [9.17, 15) is 19.5 Å². The van der Waals surface area contributed by atoms with Crippen molar-refractivity contribution in [2.24, 2.45) is 0 Å². The molecule has 9 nitrogen and oxygen atoms in total. The van der Waals surface area contributed by atoms with Crippen LogP contribution in [0.4, 0.5) is 4.79 Å². The molecular formula is C15H23N4O5+. The summed E-state index contributed by atoms with van der Waals surface area (Å²) in [6, 6.07) is 0.303. The Bertz CT molecular complexity index is 595. The summed E-state index contributed by atoms with van der Waals surface area (Å²) < 4.78 is 6.36. The van der Waals surface area contributed by atoms with Gasteiger partial charge in [-0.1, -0.05) is 4.68 Å². The predicted octanol–water partition coefficient (Wildman–Crippen LogP) is 0.0967. The smallest absolute Gasteiger partial charge is 0.408 e. The zero-order chi connectivity index (χ0) is 18.3. The second kappa shape index (κ2) is 8.23. The second-order valence-corrected chi connectivity index (χ2v) is 6.03. The third-order valence-electron chi connectivity index (χ3n) is 2.73. The summed E-state index contributed by atoms with van der Waals surface area (Å²) in [5.41, 5.74) is -0.368. The van der Waals surface area contributed by atoms with Gasteiger partial charge in [0.25, 0.3) is 5.91 Å². The fourth-order valence-corrected chi connectivity index (χ4v) is 1.71. The van der Waals surface area contributed by atoms with Gasteiger partial charge < -0.3 is 20.5 Å². The lowest BCUT2D eigenvalue weighted by molar-refractivity contribution is -0.754. The zero-order valence-electron chi connectivity index (χ0n) is 14.2. The molecule has 0 aliphatic heterocycles. The van der Waals surface area contributed by atoms with Gasteiger partial charge in [0.2, 0.25) is 6.54 Å². The second-order valence-electron chi connectivity index (χ2n) is 6.03. The van der Waals surface area contributed by atoms with E-state index in [1.165, 1.54) is 23.1 Å². The molecule has 1 unspecified atom stereocenters. The zero-order valence-corrected chi connectivity index (χ0v) is 14.2. The molecule has 132 valence electrons. The Morgan fingerprint density at radius 2 is 2.04 bits per heavy atom. The van der Waals surface area contributed by atoms with Crippen molar-refractivity contribution in [3.63, 3.8) is 0 Å². The van der Waals surface area contributed by atoms with Crippen LogP contribution in [0.3, 0.4) is 0 Å². The van der Waals surface area contributed by atoms with Crippen molar-refractivity contribution in [3.8, 4) is 0 Å². The number of nitrogens with one attached hydrogen (secondary N) is 2. The maximum atomic E-state index is 11.7. The van der Waals surface area contributed by atoms with Crippen LogP contribution in [0.2, 0.25) is 0 Å². The molecule has 1 aromatic rings. The molecule has 0 fully saturated rings. The molecule has 0 saturated carbocycles. The van der Waals surface area contributed by atoms with E-state index in [0.717, 1.165) is 0 Å². The van der Waals surface area contributed by atoms with E-state index in [4.69, 9.17) is 4.74 Å². The molecule has 1 heterocycles. The number of rotatable bonds is 6. The number of amides is 2. The fraction of sp³-hybridized carbons (Fsp3) is 0.533. The third kappa shape index (κ3) is 6.59.